The second-order valence-corrected chi connectivity index (χ2v) is 16.0. The molecule has 0 aliphatic heterocycles. The van der Waals surface area contributed by atoms with E-state index in [0.29, 0.717) is 17.5 Å². The van der Waals surface area contributed by atoms with Crippen LogP contribution < -0.4 is 0 Å². The first-order chi connectivity index (χ1) is 27.7. The summed E-state index contributed by atoms with van der Waals surface area (Å²) in [7, 11) is 0. The van der Waals surface area contributed by atoms with Crippen LogP contribution in [-0.4, -0.2) is 15.0 Å². The summed E-state index contributed by atoms with van der Waals surface area (Å²) in [5, 5.41) is 5.06. The lowest BCUT2D eigenvalue weighted by Gasteiger charge is -2.10. The van der Waals surface area contributed by atoms with Crippen molar-refractivity contribution in [1.82, 2.24) is 15.0 Å². The average Bonchev–Trinajstić information content (AvgIpc) is 3.86. The highest BCUT2D eigenvalue weighted by molar-refractivity contribution is 7.27. The molecule has 0 saturated heterocycles. The number of nitrogens with zero attached hydrogens (tertiary/aromatic N) is 3. The maximum atomic E-state index is 5.19. The number of thiophene rings is 2. The number of aromatic nitrogens is 3. The standard InChI is InChI=1S/C51H31N3S2/c1-4-14-32(15-5-1)35-20-12-21-37(30-35)50-52-49(34-18-8-3-9-19-34)53-51(54-50)43-24-13-23-41-40-27-26-36(31-45(40)56-47(41)43)39-29-28-38(33-16-6-2-7-17-33)46-42-22-10-11-25-44(42)55-48(39)46/h1-31H. The fourth-order valence-electron chi connectivity index (χ4n) is 7.87. The van der Waals surface area contributed by atoms with Gasteiger partial charge in [0, 0.05) is 57.0 Å². The third-order valence-corrected chi connectivity index (χ3v) is 13.0. The van der Waals surface area contributed by atoms with Crippen LogP contribution in [0.15, 0.2) is 188 Å². The molecule has 11 rings (SSSR count). The Morgan fingerprint density at radius 3 is 1.68 bits per heavy atom. The van der Waals surface area contributed by atoms with E-state index in [2.05, 4.69) is 164 Å². The summed E-state index contributed by atoms with van der Waals surface area (Å²) in [6, 6.07) is 66.7. The van der Waals surface area contributed by atoms with E-state index in [1.807, 2.05) is 46.9 Å². The first-order valence-corrected chi connectivity index (χ1v) is 20.3. The van der Waals surface area contributed by atoms with Crippen LogP contribution in [0.1, 0.15) is 0 Å². The van der Waals surface area contributed by atoms with E-state index in [9.17, 15) is 0 Å². The highest BCUT2D eigenvalue weighted by Gasteiger charge is 2.19. The van der Waals surface area contributed by atoms with Gasteiger partial charge in [0.1, 0.15) is 0 Å². The van der Waals surface area contributed by atoms with E-state index in [1.54, 1.807) is 0 Å². The second kappa shape index (κ2) is 13.5. The highest BCUT2D eigenvalue weighted by Crippen LogP contribution is 2.47. The van der Waals surface area contributed by atoms with E-state index in [0.717, 1.165) is 27.8 Å². The number of hydrogen-bond acceptors (Lipinski definition) is 5. The van der Waals surface area contributed by atoms with Crippen molar-refractivity contribution in [2.45, 2.75) is 0 Å². The molecule has 0 amide bonds. The lowest BCUT2D eigenvalue weighted by molar-refractivity contribution is 1.08. The van der Waals surface area contributed by atoms with E-state index in [1.165, 1.54) is 62.6 Å². The molecule has 0 fully saturated rings. The van der Waals surface area contributed by atoms with Crippen molar-refractivity contribution in [1.29, 1.82) is 0 Å². The molecule has 0 radical (unpaired) electrons. The maximum absolute atomic E-state index is 5.19. The lowest BCUT2D eigenvalue weighted by atomic mass is 9.94. The predicted molar refractivity (Wildman–Crippen MR) is 238 cm³/mol. The van der Waals surface area contributed by atoms with E-state index in [4.69, 9.17) is 15.0 Å². The van der Waals surface area contributed by atoms with Crippen molar-refractivity contribution < 1.29 is 0 Å². The molecule has 3 heterocycles. The molecule has 262 valence electrons. The number of fused-ring (bicyclic) bond motifs is 6. The quantitative estimate of drug-likeness (QED) is 0.170. The molecule has 0 atom stereocenters. The highest BCUT2D eigenvalue weighted by atomic mass is 32.1. The van der Waals surface area contributed by atoms with Gasteiger partial charge in [-0.25, -0.2) is 15.0 Å². The Kier molecular flexibility index (Phi) is 7.87. The second-order valence-electron chi connectivity index (χ2n) is 13.9. The van der Waals surface area contributed by atoms with Crippen molar-refractivity contribution in [2.75, 3.05) is 0 Å². The summed E-state index contributed by atoms with van der Waals surface area (Å²) in [6.07, 6.45) is 0. The third-order valence-electron chi connectivity index (χ3n) is 10.6. The number of rotatable bonds is 6. The Balaban J connectivity index is 1.07. The van der Waals surface area contributed by atoms with Gasteiger partial charge >= 0.3 is 0 Å². The zero-order chi connectivity index (χ0) is 37.0. The molecule has 0 saturated carbocycles. The molecule has 0 aliphatic carbocycles. The zero-order valence-electron chi connectivity index (χ0n) is 30.1. The largest absolute Gasteiger partial charge is 0.208 e. The van der Waals surface area contributed by atoms with Crippen molar-refractivity contribution in [3.63, 3.8) is 0 Å². The van der Waals surface area contributed by atoms with E-state index >= 15 is 0 Å². The zero-order valence-corrected chi connectivity index (χ0v) is 31.7. The van der Waals surface area contributed by atoms with Crippen molar-refractivity contribution in [3.05, 3.63) is 188 Å². The first kappa shape index (κ1) is 32.6. The Labute approximate surface area is 331 Å². The van der Waals surface area contributed by atoms with Gasteiger partial charge in [-0.1, -0.05) is 164 Å². The van der Waals surface area contributed by atoms with Gasteiger partial charge in [-0.2, -0.15) is 0 Å². The Hall–Kier alpha value is -6.79. The third kappa shape index (κ3) is 5.60. The Bertz CT molecular complexity index is 3240. The van der Waals surface area contributed by atoms with Gasteiger partial charge in [-0.3, -0.25) is 0 Å². The molecule has 5 heteroatoms. The van der Waals surface area contributed by atoms with Gasteiger partial charge in [0.2, 0.25) is 0 Å². The van der Waals surface area contributed by atoms with Crippen LogP contribution in [0, 0.1) is 0 Å². The molecule has 3 nitrogen and oxygen atoms in total. The minimum atomic E-state index is 0.651. The predicted octanol–water partition coefficient (Wildman–Crippen LogP) is 14.6. The normalized spacial score (nSPS) is 11.6. The molecule has 0 aliphatic rings. The van der Waals surface area contributed by atoms with Crippen LogP contribution >= 0.6 is 22.7 Å². The molecular formula is C51H31N3S2. The number of benzene rings is 8. The van der Waals surface area contributed by atoms with Crippen LogP contribution in [0.4, 0.5) is 0 Å². The van der Waals surface area contributed by atoms with E-state index < -0.39 is 0 Å². The molecule has 0 unspecified atom stereocenters. The fourth-order valence-corrected chi connectivity index (χ4v) is 10.4. The summed E-state index contributed by atoms with van der Waals surface area (Å²) >= 11 is 3.69. The first-order valence-electron chi connectivity index (χ1n) is 18.7. The minimum absolute atomic E-state index is 0.651. The fraction of sp³-hybridized carbons (Fsp3) is 0. The van der Waals surface area contributed by atoms with Crippen LogP contribution in [-0.2, 0) is 0 Å². The van der Waals surface area contributed by atoms with Crippen molar-refractivity contribution in [3.8, 4) is 67.5 Å². The minimum Gasteiger partial charge on any atom is -0.208 e. The molecule has 11 aromatic rings. The van der Waals surface area contributed by atoms with Crippen molar-refractivity contribution >= 4 is 63.0 Å². The van der Waals surface area contributed by atoms with Gasteiger partial charge in [0.05, 0.1) is 0 Å². The maximum Gasteiger partial charge on any atom is 0.165 e. The molecule has 3 aromatic heterocycles. The summed E-state index contributed by atoms with van der Waals surface area (Å²) in [5.74, 6) is 1.97. The summed E-state index contributed by atoms with van der Waals surface area (Å²) < 4.78 is 5.02. The summed E-state index contributed by atoms with van der Waals surface area (Å²) in [5.41, 5.74) is 10.2. The van der Waals surface area contributed by atoms with Crippen molar-refractivity contribution in [2.24, 2.45) is 0 Å². The van der Waals surface area contributed by atoms with Gasteiger partial charge in [0.15, 0.2) is 17.5 Å². The van der Waals surface area contributed by atoms with Crippen LogP contribution in [0.2, 0.25) is 0 Å². The van der Waals surface area contributed by atoms with Gasteiger partial charge in [-0.15, -0.1) is 22.7 Å². The average molecular weight is 750 g/mol. The molecule has 0 spiro atoms. The molecular weight excluding hydrogens is 719 g/mol. The number of hydrogen-bond donors (Lipinski definition) is 0. The van der Waals surface area contributed by atoms with Crippen LogP contribution in [0.3, 0.4) is 0 Å². The van der Waals surface area contributed by atoms with Gasteiger partial charge < -0.3 is 0 Å². The Morgan fingerprint density at radius 2 is 0.875 bits per heavy atom. The van der Waals surface area contributed by atoms with Crippen LogP contribution in [0.5, 0.6) is 0 Å². The smallest absolute Gasteiger partial charge is 0.165 e. The molecule has 56 heavy (non-hydrogen) atoms. The summed E-state index contributed by atoms with van der Waals surface area (Å²) in [6.45, 7) is 0. The Morgan fingerprint density at radius 1 is 0.286 bits per heavy atom. The van der Waals surface area contributed by atoms with Crippen LogP contribution in [0.25, 0.3) is 108 Å². The molecule has 0 N–H and O–H groups in total. The SMILES string of the molecule is c1ccc(-c2cccc(-c3nc(-c4ccccc4)nc(-c4cccc5c4sc4cc(-c6ccc(-c7ccccc7)c7c6sc6ccccc67)ccc45)n3)c2)cc1. The monoisotopic (exact) mass is 749 g/mol. The van der Waals surface area contributed by atoms with Gasteiger partial charge in [0.25, 0.3) is 0 Å². The molecule has 0 bridgehead atoms. The van der Waals surface area contributed by atoms with E-state index in [-0.39, 0.29) is 0 Å². The molecule has 8 aromatic carbocycles. The topological polar surface area (TPSA) is 38.7 Å². The summed E-state index contributed by atoms with van der Waals surface area (Å²) in [4.78, 5) is 15.4. The van der Waals surface area contributed by atoms with Gasteiger partial charge in [-0.05, 0) is 57.6 Å². The lowest BCUT2D eigenvalue weighted by Crippen LogP contribution is -2.00.